The Labute approximate surface area is 211 Å². The van der Waals surface area contributed by atoms with Crippen molar-refractivity contribution in [1.29, 1.82) is 0 Å². The molecule has 9 heteroatoms. The number of likely N-dealkylation sites (N-methyl/N-ethyl adjacent to an activating group) is 1. The predicted octanol–water partition coefficient (Wildman–Crippen LogP) is 3.74. The molecule has 0 saturated heterocycles. The largest absolute Gasteiger partial charge is 0.357 e. The van der Waals surface area contributed by atoms with Crippen molar-refractivity contribution in [3.63, 3.8) is 0 Å². The van der Waals surface area contributed by atoms with E-state index in [4.69, 9.17) is 11.6 Å². The maximum absolute atomic E-state index is 13.6. The highest BCUT2D eigenvalue weighted by Crippen LogP contribution is 2.25. The third kappa shape index (κ3) is 6.61. The van der Waals surface area contributed by atoms with Gasteiger partial charge in [-0.1, -0.05) is 60.1 Å². The molecular formula is C26H28ClN3O4S. The topological polar surface area (TPSA) is 86.8 Å². The van der Waals surface area contributed by atoms with Crippen LogP contribution in [0, 0.1) is 0 Å². The lowest BCUT2D eigenvalue weighted by Gasteiger charge is -2.31. The Balaban J connectivity index is 1.95. The van der Waals surface area contributed by atoms with E-state index in [0.717, 1.165) is 9.87 Å². The van der Waals surface area contributed by atoms with Crippen LogP contribution >= 0.6 is 11.6 Å². The molecule has 0 aromatic heterocycles. The molecule has 0 fully saturated rings. The van der Waals surface area contributed by atoms with Gasteiger partial charge in [-0.3, -0.25) is 13.9 Å². The summed E-state index contributed by atoms with van der Waals surface area (Å²) in [5.41, 5.74) is 1.29. The summed E-state index contributed by atoms with van der Waals surface area (Å²) >= 11 is 6.01. The molecule has 0 bridgehead atoms. The molecule has 0 saturated carbocycles. The molecule has 3 aromatic carbocycles. The third-order valence-corrected chi connectivity index (χ3v) is 7.66. The SMILES string of the molecule is CNC(=O)C(C)N(CCc1ccccc1)C(=O)CN(c1ccc(Cl)cc1)S(=O)(=O)c1ccccc1. The standard InChI is InChI=1S/C26H28ClN3O4S/c1-20(26(32)28-2)29(18-17-21-9-5-3-6-10-21)25(31)19-30(23-15-13-22(27)14-16-23)35(33,34)24-11-7-4-8-12-24/h3-16,20H,17-19H2,1-2H3,(H,28,32). The number of carbonyl (C=O) groups is 2. The minimum atomic E-state index is -4.07. The fraction of sp³-hybridized carbons (Fsp3) is 0.231. The van der Waals surface area contributed by atoms with E-state index in [9.17, 15) is 18.0 Å². The van der Waals surface area contributed by atoms with Gasteiger partial charge in [-0.15, -0.1) is 0 Å². The first-order valence-electron chi connectivity index (χ1n) is 11.1. The Bertz CT molecular complexity index is 1240. The van der Waals surface area contributed by atoms with Crippen molar-refractivity contribution in [3.05, 3.63) is 95.5 Å². The Morgan fingerprint density at radius 1 is 0.914 bits per heavy atom. The zero-order valence-corrected chi connectivity index (χ0v) is 21.2. The number of halogens is 1. The lowest BCUT2D eigenvalue weighted by molar-refractivity contribution is -0.138. The number of amides is 2. The van der Waals surface area contributed by atoms with Gasteiger partial charge in [0.05, 0.1) is 10.6 Å². The number of carbonyl (C=O) groups excluding carboxylic acids is 2. The average molecular weight is 514 g/mol. The predicted molar refractivity (Wildman–Crippen MR) is 138 cm³/mol. The zero-order chi connectivity index (χ0) is 25.4. The molecule has 0 spiro atoms. The molecule has 7 nitrogen and oxygen atoms in total. The summed E-state index contributed by atoms with van der Waals surface area (Å²) in [5.74, 6) is -0.832. The highest BCUT2D eigenvalue weighted by Gasteiger charge is 2.32. The van der Waals surface area contributed by atoms with Gasteiger partial charge in [0.15, 0.2) is 0 Å². The summed E-state index contributed by atoms with van der Waals surface area (Å²) in [6, 6.07) is 22.9. The summed E-state index contributed by atoms with van der Waals surface area (Å²) in [5, 5.41) is 3.01. The van der Waals surface area contributed by atoms with Gasteiger partial charge < -0.3 is 10.2 Å². The first kappa shape index (κ1) is 26.2. The van der Waals surface area contributed by atoms with E-state index in [-0.39, 0.29) is 17.3 Å². The summed E-state index contributed by atoms with van der Waals surface area (Å²) in [6.07, 6.45) is 0.514. The summed E-state index contributed by atoms with van der Waals surface area (Å²) in [6.45, 7) is 1.40. The van der Waals surface area contributed by atoms with E-state index >= 15 is 0 Å². The number of nitrogens with zero attached hydrogens (tertiary/aromatic N) is 2. The Morgan fingerprint density at radius 3 is 2.06 bits per heavy atom. The Hall–Kier alpha value is -3.36. The Morgan fingerprint density at radius 2 is 1.49 bits per heavy atom. The van der Waals surface area contributed by atoms with E-state index in [1.54, 1.807) is 49.4 Å². The van der Waals surface area contributed by atoms with Crippen LogP contribution < -0.4 is 9.62 Å². The molecule has 0 radical (unpaired) electrons. The molecular weight excluding hydrogens is 486 g/mol. The second-order valence-corrected chi connectivity index (χ2v) is 10.2. The smallest absolute Gasteiger partial charge is 0.264 e. The number of nitrogens with one attached hydrogen (secondary N) is 1. The molecule has 3 rings (SSSR count). The lowest BCUT2D eigenvalue weighted by atomic mass is 10.1. The molecule has 1 atom stereocenters. The highest BCUT2D eigenvalue weighted by molar-refractivity contribution is 7.92. The minimum absolute atomic E-state index is 0.0536. The van der Waals surface area contributed by atoms with Gasteiger partial charge in [0.1, 0.15) is 12.6 Å². The Kier molecular flexibility index (Phi) is 8.89. The van der Waals surface area contributed by atoms with Gasteiger partial charge in [-0.05, 0) is 55.3 Å². The minimum Gasteiger partial charge on any atom is -0.357 e. The van der Waals surface area contributed by atoms with Gasteiger partial charge >= 0.3 is 0 Å². The van der Waals surface area contributed by atoms with Crippen LogP contribution in [0.5, 0.6) is 0 Å². The fourth-order valence-electron chi connectivity index (χ4n) is 3.63. The van der Waals surface area contributed by atoms with Crippen LogP contribution in [0.1, 0.15) is 12.5 Å². The summed E-state index contributed by atoms with van der Waals surface area (Å²) in [7, 11) is -2.57. The van der Waals surface area contributed by atoms with Gasteiger partial charge in [0.25, 0.3) is 10.0 Å². The average Bonchev–Trinajstić information content (AvgIpc) is 2.88. The van der Waals surface area contributed by atoms with Crippen LogP contribution in [-0.4, -0.2) is 51.3 Å². The molecule has 184 valence electrons. The van der Waals surface area contributed by atoms with Gasteiger partial charge in [-0.25, -0.2) is 8.42 Å². The van der Waals surface area contributed by atoms with Crippen molar-refractivity contribution < 1.29 is 18.0 Å². The maximum atomic E-state index is 13.6. The summed E-state index contributed by atoms with van der Waals surface area (Å²) < 4.78 is 28.2. The number of benzene rings is 3. The van der Waals surface area contributed by atoms with Crippen molar-refractivity contribution in [1.82, 2.24) is 10.2 Å². The fourth-order valence-corrected chi connectivity index (χ4v) is 5.20. The van der Waals surface area contributed by atoms with Gasteiger partial charge in [-0.2, -0.15) is 0 Å². The van der Waals surface area contributed by atoms with Crippen molar-refractivity contribution in [3.8, 4) is 0 Å². The van der Waals surface area contributed by atoms with Crippen molar-refractivity contribution in [2.45, 2.75) is 24.3 Å². The third-order valence-electron chi connectivity index (χ3n) is 5.62. The normalized spacial score (nSPS) is 12.0. The number of hydrogen-bond acceptors (Lipinski definition) is 4. The van der Waals surface area contributed by atoms with Crippen LogP contribution in [0.2, 0.25) is 5.02 Å². The molecule has 0 aliphatic rings. The van der Waals surface area contributed by atoms with Crippen LogP contribution in [0.25, 0.3) is 0 Å². The van der Waals surface area contributed by atoms with E-state index in [0.29, 0.717) is 17.1 Å². The molecule has 1 N–H and O–H groups in total. The zero-order valence-electron chi connectivity index (χ0n) is 19.6. The molecule has 3 aromatic rings. The van der Waals surface area contributed by atoms with Gasteiger partial charge in [0, 0.05) is 18.6 Å². The van der Waals surface area contributed by atoms with E-state index in [1.165, 1.54) is 24.1 Å². The van der Waals surface area contributed by atoms with E-state index < -0.39 is 28.5 Å². The monoisotopic (exact) mass is 513 g/mol. The molecule has 2 amide bonds. The van der Waals surface area contributed by atoms with Crippen LogP contribution in [0.4, 0.5) is 5.69 Å². The molecule has 0 heterocycles. The number of rotatable bonds is 10. The molecule has 0 aliphatic carbocycles. The van der Waals surface area contributed by atoms with Crippen molar-refractivity contribution in [2.24, 2.45) is 0 Å². The van der Waals surface area contributed by atoms with Crippen LogP contribution in [-0.2, 0) is 26.0 Å². The number of sulfonamides is 1. The summed E-state index contributed by atoms with van der Waals surface area (Å²) in [4.78, 5) is 27.5. The van der Waals surface area contributed by atoms with Crippen LogP contribution in [0.15, 0.2) is 89.8 Å². The lowest BCUT2D eigenvalue weighted by Crippen LogP contribution is -2.51. The number of hydrogen-bond donors (Lipinski definition) is 1. The molecule has 35 heavy (non-hydrogen) atoms. The second kappa shape index (κ2) is 11.9. The van der Waals surface area contributed by atoms with Crippen molar-refractivity contribution >= 4 is 39.1 Å². The number of anilines is 1. The highest BCUT2D eigenvalue weighted by atomic mass is 35.5. The first-order valence-corrected chi connectivity index (χ1v) is 12.9. The quantitative estimate of drug-likeness (QED) is 0.447. The first-order chi connectivity index (χ1) is 16.7. The van der Waals surface area contributed by atoms with E-state index in [2.05, 4.69) is 5.32 Å². The van der Waals surface area contributed by atoms with Crippen molar-refractivity contribution in [2.75, 3.05) is 24.4 Å². The second-order valence-electron chi connectivity index (χ2n) is 7.91. The molecule has 0 aliphatic heterocycles. The maximum Gasteiger partial charge on any atom is 0.264 e. The van der Waals surface area contributed by atoms with E-state index in [1.807, 2.05) is 30.3 Å². The van der Waals surface area contributed by atoms with Gasteiger partial charge in [0.2, 0.25) is 11.8 Å². The van der Waals surface area contributed by atoms with Crippen LogP contribution in [0.3, 0.4) is 0 Å². The molecule has 1 unspecified atom stereocenters.